The Morgan fingerprint density at radius 3 is 2.38 bits per heavy atom. The zero-order chi connectivity index (χ0) is 24.8. The highest BCUT2D eigenvalue weighted by Crippen LogP contribution is 2.36. The molecular weight excluding hydrogens is 499 g/mol. The molecular formula is C24H22Cl2N2O5S. The molecule has 0 saturated heterocycles. The highest BCUT2D eigenvalue weighted by Gasteiger charge is 2.27. The lowest BCUT2D eigenvalue weighted by molar-refractivity contribution is -0.115. The molecule has 7 nitrogen and oxygen atoms in total. The van der Waals surface area contributed by atoms with Crippen LogP contribution in [0.15, 0.2) is 42.5 Å². The van der Waals surface area contributed by atoms with Crippen molar-refractivity contribution in [2.24, 2.45) is 0 Å². The highest BCUT2D eigenvalue weighted by molar-refractivity contribution is 7.19. The standard InChI is InChI=1S/C24H22Cl2N2O5S/c1-4-33-24(31)19-13(2)21(22(30)27-17-7-5-6-16(25)20(17)26)34-23(19)28-18(29)12-14-8-10-15(32-3)11-9-14/h5-11H,4,12H2,1-3H3,(H,27,30)(H,28,29). The molecule has 0 bridgehead atoms. The molecule has 2 N–H and O–H groups in total. The molecule has 1 heterocycles. The third-order valence-corrected chi connectivity index (χ3v) is 6.83. The Labute approximate surface area is 211 Å². The summed E-state index contributed by atoms with van der Waals surface area (Å²) >= 11 is 13.2. The Bertz CT molecular complexity index is 1220. The van der Waals surface area contributed by atoms with E-state index in [-0.39, 0.29) is 39.4 Å². The second-order valence-electron chi connectivity index (χ2n) is 7.11. The van der Waals surface area contributed by atoms with E-state index in [1.54, 1.807) is 63.4 Å². The molecule has 0 aliphatic rings. The highest BCUT2D eigenvalue weighted by atomic mass is 35.5. The molecule has 34 heavy (non-hydrogen) atoms. The number of carbonyl (C=O) groups is 3. The van der Waals surface area contributed by atoms with Crippen molar-refractivity contribution in [3.8, 4) is 5.75 Å². The molecule has 2 aromatic carbocycles. The van der Waals surface area contributed by atoms with Gasteiger partial charge in [0.2, 0.25) is 5.91 Å². The Morgan fingerprint density at radius 2 is 1.74 bits per heavy atom. The van der Waals surface area contributed by atoms with Crippen molar-refractivity contribution in [3.63, 3.8) is 0 Å². The Morgan fingerprint density at radius 1 is 1.03 bits per heavy atom. The molecule has 0 spiro atoms. The number of methoxy groups -OCH3 is 1. The van der Waals surface area contributed by atoms with Crippen molar-refractivity contribution >= 4 is 63.0 Å². The maximum atomic E-state index is 13.0. The van der Waals surface area contributed by atoms with Crippen molar-refractivity contribution in [1.29, 1.82) is 0 Å². The fourth-order valence-corrected chi connectivity index (χ4v) is 4.60. The molecule has 0 aliphatic heterocycles. The predicted octanol–water partition coefficient (Wildman–Crippen LogP) is 5.98. The first-order valence-electron chi connectivity index (χ1n) is 10.2. The Kier molecular flexibility index (Phi) is 8.55. The number of anilines is 2. The molecule has 0 saturated carbocycles. The summed E-state index contributed by atoms with van der Waals surface area (Å²) in [6, 6.07) is 11.9. The van der Waals surface area contributed by atoms with Crippen LogP contribution >= 0.6 is 34.5 Å². The number of rotatable bonds is 8. The number of carbonyl (C=O) groups excluding carboxylic acids is 3. The van der Waals surface area contributed by atoms with Gasteiger partial charge < -0.3 is 20.1 Å². The van der Waals surface area contributed by atoms with Crippen LogP contribution in [0.25, 0.3) is 0 Å². The number of nitrogens with one attached hydrogen (secondary N) is 2. The van der Waals surface area contributed by atoms with Gasteiger partial charge in [0, 0.05) is 0 Å². The van der Waals surface area contributed by atoms with Crippen LogP contribution < -0.4 is 15.4 Å². The molecule has 2 amide bonds. The number of halogens is 2. The van der Waals surface area contributed by atoms with Crippen LogP contribution in [0.5, 0.6) is 5.75 Å². The van der Waals surface area contributed by atoms with Gasteiger partial charge in [-0.3, -0.25) is 9.59 Å². The summed E-state index contributed by atoms with van der Waals surface area (Å²) < 4.78 is 10.3. The predicted molar refractivity (Wildman–Crippen MR) is 135 cm³/mol. The van der Waals surface area contributed by atoms with E-state index >= 15 is 0 Å². The van der Waals surface area contributed by atoms with E-state index in [9.17, 15) is 14.4 Å². The number of esters is 1. The maximum absolute atomic E-state index is 13.0. The van der Waals surface area contributed by atoms with Crippen molar-refractivity contribution < 1.29 is 23.9 Å². The fourth-order valence-electron chi connectivity index (χ4n) is 3.15. The summed E-state index contributed by atoms with van der Waals surface area (Å²) in [7, 11) is 1.56. The van der Waals surface area contributed by atoms with E-state index in [4.69, 9.17) is 32.7 Å². The summed E-state index contributed by atoms with van der Waals surface area (Å²) in [5, 5.41) is 6.17. The molecule has 178 valence electrons. The fraction of sp³-hybridized carbons (Fsp3) is 0.208. The Balaban J connectivity index is 1.87. The molecule has 0 radical (unpaired) electrons. The van der Waals surface area contributed by atoms with Crippen LogP contribution in [0.3, 0.4) is 0 Å². The van der Waals surface area contributed by atoms with Crippen molar-refractivity contribution in [3.05, 3.63) is 74.1 Å². The summed E-state index contributed by atoms with van der Waals surface area (Å²) in [6.07, 6.45) is 0.0723. The second-order valence-corrected chi connectivity index (χ2v) is 8.92. The first-order valence-corrected chi connectivity index (χ1v) is 11.8. The number of amides is 2. The minimum absolute atomic E-state index is 0.0723. The van der Waals surface area contributed by atoms with Crippen LogP contribution in [0.2, 0.25) is 10.0 Å². The molecule has 0 aliphatic carbocycles. The van der Waals surface area contributed by atoms with Gasteiger partial charge in [0.05, 0.1) is 46.3 Å². The minimum atomic E-state index is -0.629. The van der Waals surface area contributed by atoms with Gasteiger partial charge in [0.15, 0.2) is 0 Å². The van der Waals surface area contributed by atoms with E-state index in [1.807, 2.05) is 0 Å². The van der Waals surface area contributed by atoms with Gasteiger partial charge in [-0.2, -0.15) is 0 Å². The van der Waals surface area contributed by atoms with Gasteiger partial charge >= 0.3 is 5.97 Å². The average Bonchev–Trinajstić information content (AvgIpc) is 3.13. The molecule has 10 heteroatoms. The van der Waals surface area contributed by atoms with Crippen molar-refractivity contribution in [2.45, 2.75) is 20.3 Å². The number of benzene rings is 2. The SMILES string of the molecule is CCOC(=O)c1c(NC(=O)Cc2ccc(OC)cc2)sc(C(=O)Nc2cccc(Cl)c2Cl)c1C. The van der Waals surface area contributed by atoms with Crippen molar-refractivity contribution in [1.82, 2.24) is 0 Å². The smallest absolute Gasteiger partial charge is 0.341 e. The monoisotopic (exact) mass is 520 g/mol. The lowest BCUT2D eigenvalue weighted by Gasteiger charge is -2.08. The van der Waals surface area contributed by atoms with E-state index in [0.29, 0.717) is 22.0 Å². The van der Waals surface area contributed by atoms with Crippen LogP contribution in [-0.2, 0) is 16.0 Å². The third kappa shape index (κ3) is 5.88. The molecule has 0 unspecified atom stereocenters. The largest absolute Gasteiger partial charge is 0.497 e. The normalized spacial score (nSPS) is 10.5. The average molecular weight is 521 g/mol. The van der Waals surface area contributed by atoms with Gasteiger partial charge in [-0.25, -0.2) is 4.79 Å². The number of thiophene rings is 1. The first kappa shape index (κ1) is 25.6. The van der Waals surface area contributed by atoms with E-state index in [0.717, 1.165) is 16.9 Å². The van der Waals surface area contributed by atoms with E-state index in [1.165, 1.54) is 0 Å². The van der Waals surface area contributed by atoms with Gasteiger partial charge in [0.25, 0.3) is 5.91 Å². The lowest BCUT2D eigenvalue weighted by Crippen LogP contribution is -2.16. The van der Waals surface area contributed by atoms with Gasteiger partial charge in [0.1, 0.15) is 10.8 Å². The van der Waals surface area contributed by atoms with Crippen LogP contribution in [-0.4, -0.2) is 31.5 Å². The van der Waals surface area contributed by atoms with Gasteiger partial charge in [-0.15, -0.1) is 11.3 Å². The zero-order valence-corrected chi connectivity index (χ0v) is 21.0. The van der Waals surface area contributed by atoms with Crippen molar-refractivity contribution in [2.75, 3.05) is 24.4 Å². The third-order valence-electron chi connectivity index (χ3n) is 4.81. The van der Waals surface area contributed by atoms with Crippen LogP contribution in [0.4, 0.5) is 10.7 Å². The number of hydrogen-bond acceptors (Lipinski definition) is 6. The second kappa shape index (κ2) is 11.4. The molecule has 3 aromatic rings. The summed E-state index contributed by atoms with van der Waals surface area (Å²) in [6.45, 7) is 3.44. The lowest BCUT2D eigenvalue weighted by atomic mass is 10.1. The van der Waals surface area contributed by atoms with Gasteiger partial charge in [-0.1, -0.05) is 41.4 Å². The van der Waals surface area contributed by atoms with E-state index < -0.39 is 11.9 Å². The van der Waals surface area contributed by atoms with Crippen LogP contribution in [0.1, 0.15) is 38.1 Å². The summed E-state index contributed by atoms with van der Waals surface area (Å²) in [4.78, 5) is 38.6. The summed E-state index contributed by atoms with van der Waals surface area (Å²) in [5.41, 5.74) is 1.61. The molecule has 3 rings (SSSR count). The maximum Gasteiger partial charge on any atom is 0.341 e. The zero-order valence-electron chi connectivity index (χ0n) is 18.7. The number of hydrogen-bond donors (Lipinski definition) is 2. The quantitative estimate of drug-likeness (QED) is 0.356. The van der Waals surface area contributed by atoms with Crippen LogP contribution in [0, 0.1) is 6.92 Å². The minimum Gasteiger partial charge on any atom is -0.497 e. The summed E-state index contributed by atoms with van der Waals surface area (Å²) in [5.74, 6) is -0.788. The first-order chi connectivity index (χ1) is 16.2. The number of ether oxygens (including phenoxy) is 2. The van der Waals surface area contributed by atoms with E-state index in [2.05, 4.69) is 10.6 Å². The Hall–Kier alpha value is -3.07. The molecule has 0 atom stereocenters. The molecule has 0 fully saturated rings. The molecule has 1 aromatic heterocycles. The van der Waals surface area contributed by atoms with Gasteiger partial charge in [-0.05, 0) is 49.2 Å². The topological polar surface area (TPSA) is 93.7 Å².